The molecule has 1 aromatic heterocycles. The molecule has 0 N–H and O–H groups in total. The number of piperazine rings is 1. The number of aromatic nitrogens is 1. The van der Waals surface area contributed by atoms with Gasteiger partial charge >= 0.3 is 0 Å². The van der Waals surface area contributed by atoms with Gasteiger partial charge in [-0.1, -0.05) is 30.3 Å². The van der Waals surface area contributed by atoms with Crippen LogP contribution in [0.3, 0.4) is 0 Å². The number of rotatable bonds is 7. The zero-order chi connectivity index (χ0) is 22.6. The zero-order valence-electron chi connectivity index (χ0n) is 19.2. The molecule has 1 aliphatic heterocycles. The third kappa shape index (κ3) is 6.09. The number of hydrogen-bond donors (Lipinski definition) is 0. The van der Waals surface area contributed by atoms with Gasteiger partial charge in [0.05, 0.1) is 12.3 Å². The molecule has 6 nitrogen and oxygen atoms in total. The maximum atomic E-state index is 11.7. The van der Waals surface area contributed by atoms with Crippen molar-refractivity contribution in [3.05, 3.63) is 53.7 Å². The van der Waals surface area contributed by atoms with Crippen LogP contribution in [0.4, 0.5) is 0 Å². The SMILES string of the molecule is Cc1nc(S(C)(=O)=O)ccc1OCC1CCC(N2CCN(Cc3ccccc3)CC2)CC1. The highest BCUT2D eigenvalue weighted by Gasteiger charge is 2.28. The topological polar surface area (TPSA) is 62.7 Å². The smallest absolute Gasteiger partial charge is 0.192 e. The van der Waals surface area contributed by atoms with Crippen LogP contribution in [0.15, 0.2) is 47.5 Å². The van der Waals surface area contributed by atoms with E-state index in [2.05, 4.69) is 45.1 Å². The largest absolute Gasteiger partial charge is 0.491 e. The summed E-state index contributed by atoms with van der Waals surface area (Å²) in [5, 5.41) is 0.103. The van der Waals surface area contributed by atoms with Crippen molar-refractivity contribution in [3.63, 3.8) is 0 Å². The Morgan fingerprint density at radius 1 is 0.969 bits per heavy atom. The number of hydrogen-bond acceptors (Lipinski definition) is 6. The quantitative estimate of drug-likeness (QED) is 0.634. The van der Waals surface area contributed by atoms with Crippen LogP contribution in [0.5, 0.6) is 5.75 Å². The lowest BCUT2D eigenvalue weighted by atomic mass is 9.85. The van der Waals surface area contributed by atoms with Gasteiger partial charge in [-0.3, -0.25) is 9.80 Å². The van der Waals surface area contributed by atoms with Gasteiger partial charge in [0.25, 0.3) is 0 Å². The van der Waals surface area contributed by atoms with Gasteiger partial charge < -0.3 is 4.74 Å². The molecule has 0 atom stereocenters. The van der Waals surface area contributed by atoms with E-state index in [9.17, 15) is 8.42 Å². The average Bonchev–Trinajstić information content (AvgIpc) is 2.79. The Kier molecular flexibility index (Phi) is 7.48. The van der Waals surface area contributed by atoms with Crippen LogP contribution in [0, 0.1) is 12.8 Å². The normalized spacial score (nSPS) is 23.2. The molecule has 7 heteroatoms. The second kappa shape index (κ2) is 10.3. The minimum absolute atomic E-state index is 0.103. The number of sulfone groups is 1. The summed E-state index contributed by atoms with van der Waals surface area (Å²) in [5.41, 5.74) is 2.04. The van der Waals surface area contributed by atoms with Crippen LogP contribution >= 0.6 is 0 Å². The van der Waals surface area contributed by atoms with E-state index < -0.39 is 9.84 Å². The number of ether oxygens (including phenoxy) is 1. The monoisotopic (exact) mass is 457 g/mol. The molecule has 2 aromatic rings. The third-order valence-corrected chi connectivity index (χ3v) is 7.84. The highest BCUT2D eigenvalue weighted by Crippen LogP contribution is 2.29. The molecule has 1 aliphatic carbocycles. The summed E-state index contributed by atoms with van der Waals surface area (Å²) in [6.45, 7) is 8.16. The molecule has 0 unspecified atom stereocenters. The Morgan fingerprint density at radius 2 is 1.66 bits per heavy atom. The Hall–Kier alpha value is -1.96. The summed E-state index contributed by atoms with van der Waals surface area (Å²) in [5.74, 6) is 1.24. The number of nitrogens with zero attached hydrogens (tertiary/aromatic N) is 3. The fourth-order valence-corrected chi connectivity index (χ4v) is 5.51. The van der Waals surface area contributed by atoms with Crippen LogP contribution in [0.1, 0.15) is 36.9 Å². The molecule has 4 rings (SSSR count). The predicted molar refractivity (Wildman–Crippen MR) is 127 cm³/mol. The molecule has 0 radical (unpaired) electrons. The Balaban J connectivity index is 1.19. The fourth-order valence-electron chi connectivity index (χ4n) is 4.90. The second-order valence-corrected chi connectivity index (χ2v) is 11.3. The van der Waals surface area contributed by atoms with E-state index in [1.807, 2.05) is 0 Å². The first kappa shape index (κ1) is 23.2. The van der Waals surface area contributed by atoms with Crippen LogP contribution in [0.2, 0.25) is 0 Å². The van der Waals surface area contributed by atoms with E-state index in [1.54, 1.807) is 13.0 Å². The van der Waals surface area contributed by atoms with Gasteiger partial charge in [-0.15, -0.1) is 0 Å². The van der Waals surface area contributed by atoms with Crippen LogP contribution in [0.25, 0.3) is 0 Å². The first-order chi connectivity index (χ1) is 15.4. The van der Waals surface area contributed by atoms with E-state index >= 15 is 0 Å². The molecule has 2 aliphatic rings. The maximum Gasteiger partial charge on any atom is 0.192 e. The van der Waals surface area contributed by atoms with Crippen molar-refractivity contribution in [3.8, 4) is 5.75 Å². The summed E-state index contributed by atoms with van der Waals surface area (Å²) < 4.78 is 29.3. The Morgan fingerprint density at radius 3 is 2.28 bits per heavy atom. The van der Waals surface area contributed by atoms with Crippen LogP contribution in [-0.4, -0.2) is 68.3 Å². The van der Waals surface area contributed by atoms with E-state index in [0.29, 0.717) is 30.0 Å². The minimum atomic E-state index is -3.29. The van der Waals surface area contributed by atoms with Crippen molar-refractivity contribution in [2.45, 2.75) is 50.2 Å². The Labute approximate surface area is 192 Å². The highest BCUT2D eigenvalue weighted by atomic mass is 32.2. The van der Waals surface area contributed by atoms with Crippen molar-refractivity contribution in [2.24, 2.45) is 5.92 Å². The number of benzene rings is 1. The maximum absolute atomic E-state index is 11.7. The standard InChI is InChI=1S/C25H35N3O3S/c1-20-24(12-13-25(26-20)32(2,29)30)31-19-22-8-10-23(11-9-22)28-16-14-27(15-17-28)18-21-6-4-3-5-7-21/h3-7,12-13,22-23H,8-11,14-19H2,1-2H3. The second-order valence-electron chi connectivity index (χ2n) is 9.29. The lowest BCUT2D eigenvalue weighted by Gasteiger charge is -2.42. The van der Waals surface area contributed by atoms with Gasteiger partial charge in [-0.25, -0.2) is 13.4 Å². The van der Waals surface area contributed by atoms with Crippen molar-refractivity contribution < 1.29 is 13.2 Å². The van der Waals surface area contributed by atoms with Gasteiger partial charge in [0.2, 0.25) is 0 Å². The summed E-state index contributed by atoms with van der Waals surface area (Å²) in [7, 11) is -3.29. The van der Waals surface area contributed by atoms with E-state index in [-0.39, 0.29) is 5.03 Å². The summed E-state index contributed by atoms with van der Waals surface area (Å²) >= 11 is 0. The molecule has 2 fully saturated rings. The molecule has 0 bridgehead atoms. The molecular weight excluding hydrogens is 422 g/mol. The molecule has 0 amide bonds. The summed E-state index contributed by atoms with van der Waals surface area (Å²) in [6.07, 6.45) is 6.01. The molecule has 1 saturated heterocycles. The lowest BCUT2D eigenvalue weighted by Crippen LogP contribution is -2.50. The molecular formula is C25H35N3O3S. The predicted octanol–water partition coefficient (Wildman–Crippen LogP) is 3.55. The first-order valence-electron chi connectivity index (χ1n) is 11.7. The zero-order valence-corrected chi connectivity index (χ0v) is 20.1. The summed E-state index contributed by atoms with van der Waals surface area (Å²) in [4.78, 5) is 9.45. The van der Waals surface area contributed by atoms with Gasteiger partial charge in [0.15, 0.2) is 14.9 Å². The van der Waals surface area contributed by atoms with Crippen molar-refractivity contribution in [1.29, 1.82) is 0 Å². The van der Waals surface area contributed by atoms with Gasteiger partial charge in [0.1, 0.15) is 5.75 Å². The van der Waals surface area contributed by atoms with Crippen molar-refractivity contribution in [1.82, 2.24) is 14.8 Å². The van der Waals surface area contributed by atoms with E-state index in [4.69, 9.17) is 4.74 Å². The van der Waals surface area contributed by atoms with E-state index in [1.165, 1.54) is 43.6 Å². The Bertz CT molecular complexity index is 981. The van der Waals surface area contributed by atoms with Crippen molar-refractivity contribution >= 4 is 9.84 Å². The number of pyridine rings is 1. The molecule has 2 heterocycles. The molecule has 0 spiro atoms. The lowest BCUT2D eigenvalue weighted by molar-refractivity contribution is 0.0613. The molecule has 32 heavy (non-hydrogen) atoms. The molecule has 1 saturated carbocycles. The fraction of sp³-hybridized carbons (Fsp3) is 0.560. The molecule has 174 valence electrons. The third-order valence-electron chi connectivity index (χ3n) is 6.85. The van der Waals surface area contributed by atoms with Gasteiger partial charge in [0, 0.05) is 45.0 Å². The van der Waals surface area contributed by atoms with Crippen molar-refractivity contribution in [2.75, 3.05) is 39.0 Å². The highest BCUT2D eigenvalue weighted by molar-refractivity contribution is 7.90. The van der Waals surface area contributed by atoms with Crippen LogP contribution < -0.4 is 4.74 Å². The van der Waals surface area contributed by atoms with Gasteiger partial charge in [-0.05, 0) is 56.2 Å². The molecule has 1 aromatic carbocycles. The summed E-state index contributed by atoms with van der Waals surface area (Å²) in [6, 6.07) is 14.7. The average molecular weight is 458 g/mol. The first-order valence-corrected chi connectivity index (χ1v) is 13.6. The van der Waals surface area contributed by atoms with E-state index in [0.717, 1.165) is 32.7 Å². The minimum Gasteiger partial charge on any atom is -0.491 e. The van der Waals surface area contributed by atoms with Crippen LogP contribution in [-0.2, 0) is 16.4 Å². The number of aryl methyl sites for hydroxylation is 1. The van der Waals surface area contributed by atoms with Gasteiger partial charge in [-0.2, -0.15) is 0 Å².